The van der Waals surface area contributed by atoms with Gasteiger partial charge in [0.2, 0.25) is 5.76 Å². The third kappa shape index (κ3) is 2.04. The van der Waals surface area contributed by atoms with E-state index in [2.05, 4.69) is 0 Å². The average Bonchev–Trinajstić information content (AvgIpc) is 2.87. The number of rotatable bonds is 4. The zero-order valence-corrected chi connectivity index (χ0v) is 8.25. The van der Waals surface area contributed by atoms with Crippen molar-refractivity contribution < 1.29 is 18.5 Å². The highest BCUT2D eigenvalue weighted by Crippen LogP contribution is 2.28. The van der Waals surface area contributed by atoms with Gasteiger partial charge in [-0.3, -0.25) is 4.21 Å². The first-order valence-corrected chi connectivity index (χ1v) is 5.74. The summed E-state index contributed by atoms with van der Waals surface area (Å²) in [5.41, 5.74) is 0. The monoisotopic (exact) mass is 214 g/mol. The fourth-order valence-electron chi connectivity index (χ4n) is 1.16. The molecule has 1 atom stereocenters. The molecule has 1 heterocycles. The molecular weight excluding hydrogens is 204 g/mol. The molecule has 1 N–H and O–H groups in total. The van der Waals surface area contributed by atoms with Crippen LogP contribution in [0.4, 0.5) is 0 Å². The minimum absolute atomic E-state index is 0.0900. The van der Waals surface area contributed by atoms with Crippen molar-refractivity contribution in [1.29, 1.82) is 0 Å². The summed E-state index contributed by atoms with van der Waals surface area (Å²) in [7, 11) is -0.898. The summed E-state index contributed by atoms with van der Waals surface area (Å²) in [5.74, 6) is -0.355. The molecule has 0 amide bonds. The maximum Gasteiger partial charge on any atom is 0.371 e. The first-order valence-electron chi connectivity index (χ1n) is 4.36. The molecule has 1 saturated carbocycles. The molecule has 5 heteroatoms. The first-order chi connectivity index (χ1) is 6.66. The SMILES string of the molecule is O=C(O)c1ccc(CS(=O)C2CC2)o1. The number of hydrogen-bond acceptors (Lipinski definition) is 3. The van der Waals surface area contributed by atoms with Gasteiger partial charge in [0, 0.05) is 16.0 Å². The zero-order valence-electron chi connectivity index (χ0n) is 7.43. The number of aromatic carboxylic acids is 1. The summed E-state index contributed by atoms with van der Waals surface area (Å²) in [4.78, 5) is 10.5. The Bertz CT molecular complexity index is 378. The molecule has 0 aromatic carbocycles. The third-order valence-electron chi connectivity index (χ3n) is 2.05. The Kier molecular flexibility index (Phi) is 2.41. The lowest BCUT2D eigenvalue weighted by Crippen LogP contribution is -1.99. The highest BCUT2D eigenvalue weighted by Gasteiger charge is 2.28. The van der Waals surface area contributed by atoms with E-state index in [-0.39, 0.29) is 5.76 Å². The molecule has 1 aliphatic carbocycles. The molecule has 0 saturated heterocycles. The predicted octanol–water partition coefficient (Wildman–Crippen LogP) is 1.39. The molecular formula is C9H10O4S. The number of carbonyl (C=O) groups is 1. The van der Waals surface area contributed by atoms with Gasteiger partial charge >= 0.3 is 5.97 Å². The summed E-state index contributed by atoms with van der Waals surface area (Å²) < 4.78 is 16.5. The van der Waals surface area contributed by atoms with Crippen LogP contribution < -0.4 is 0 Å². The Morgan fingerprint density at radius 1 is 1.57 bits per heavy atom. The lowest BCUT2D eigenvalue weighted by atomic mass is 10.4. The van der Waals surface area contributed by atoms with Crippen molar-refractivity contribution in [1.82, 2.24) is 0 Å². The van der Waals surface area contributed by atoms with Crippen molar-refractivity contribution in [2.45, 2.75) is 23.8 Å². The van der Waals surface area contributed by atoms with Gasteiger partial charge in [0.05, 0.1) is 5.75 Å². The molecule has 0 spiro atoms. The van der Waals surface area contributed by atoms with Gasteiger partial charge in [0.15, 0.2) is 0 Å². The van der Waals surface area contributed by atoms with E-state index < -0.39 is 16.8 Å². The lowest BCUT2D eigenvalue weighted by Gasteiger charge is -1.95. The minimum atomic E-state index is -1.09. The van der Waals surface area contributed by atoms with E-state index in [1.807, 2.05) is 0 Å². The molecule has 1 unspecified atom stereocenters. The van der Waals surface area contributed by atoms with Crippen LogP contribution in [0, 0.1) is 0 Å². The van der Waals surface area contributed by atoms with Gasteiger partial charge < -0.3 is 9.52 Å². The van der Waals surface area contributed by atoms with E-state index in [0.717, 1.165) is 12.8 Å². The van der Waals surface area contributed by atoms with E-state index in [1.165, 1.54) is 6.07 Å². The normalized spacial score (nSPS) is 18.0. The van der Waals surface area contributed by atoms with Crippen LogP contribution >= 0.6 is 0 Å². The van der Waals surface area contributed by atoms with Crippen LogP contribution in [-0.4, -0.2) is 20.5 Å². The Labute approximate surface area is 83.4 Å². The third-order valence-corrected chi connectivity index (χ3v) is 3.84. The summed E-state index contributed by atoms with van der Waals surface area (Å²) in [6.45, 7) is 0. The van der Waals surface area contributed by atoms with E-state index in [9.17, 15) is 9.00 Å². The zero-order chi connectivity index (χ0) is 10.1. The van der Waals surface area contributed by atoms with Gasteiger partial charge in [0.25, 0.3) is 0 Å². The molecule has 1 fully saturated rings. The van der Waals surface area contributed by atoms with Crippen molar-refractivity contribution in [2.24, 2.45) is 0 Å². The van der Waals surface area contributed by atoms with E-state index in [4.69, 9.17) is 9.52 Å². The molecule has 4 nitrogen and oxygen atoms in total. The van der Waals surface area contributed by atoms with Crippen molar-refractivity contribution >= 4 is 16.8 Å². The van der Waals surface area contributed by atoms with Crippen LogP contribution in [0.1, 0.15) is 29.2 Å². The number of carboxylic acid groups (broad SMARTS) is 1. The molecule has 1 aromatic rings. The molecule has 14 heavy (non-hydrogen) atoms. The lowest BCUT2D eigenvalue weighted by molar-refractivity contribution is 0.0661. The van der Waals surface area contributed by atoms with Crippen molar-refractivity contribution in [2.75, 3.05) is 0 Å². The Balaban J connectivity index is 2.02. The van der Waals surface area contributed by atoms with Crippen LogP contribution in [-0.2, 0) is 16.6 Å². The largest absolute Gasteiger partial charge is 0.475 e. The average molecular weight is 214 g/mol. The fraction of sp³-hybridized carbons (Fsp3) is 0.444. The molecule has 1 aromatic heterocycles. The van der Waals surface area contributed by atoms with Crippen molar-refractivity contribution in [3.63, 3.8) is 0 Å². The molecule has 0 radical (unpaired) electrons. The second-order valence-electron chi connectivity index (χ2n) is 3.30. The topological polar surface area (TPSA) is 67.5 Å². The van der Waals surface area contributed by atoms with Crippen LogP contribution in [0.5, 0.6) is 0 Å². The first kappa shape index (κ1) is 9.45. The molecule has 0 bridgehead atoms. The Morgan fingerprint density at radius 2 is 2.29 bits per heavy atom. The highest BCUT2D eigenvalue weighted by molar-refractivity contribution is 7.85. The Hall–Kier alpha value is -1.10. The maximum atomic E-state index is 11.5. The molecule has 2 rings (SSSR count). The molecule has 76 valence electrons. The smallest absolute Gasteiger partial charge is 0.371 e. The number of hydrogen-bond donors (Lipinski definition) is 1. The van der Waals surface area contributed by atoms with Crippen molar-refractivity contribution in [3.8, 4) is 0 Å². The quantitative estimate of drug-likeness (QED) is 0.822. The van der Waals surface area contributed by atoms with Crippen LogP contribution in [0.25, 0.3) is 0 Å². The highest BCUT2D eigenvalue weighted by atomic mass is 32.2. The van der Waals surface area contributed by atoms with Gasteiger partial charge in [-0.05, 0) is 25.0 Å². The van der Waals surface area contributed by atoms with Gasteiger partial charge in [0.1, 0.15) is 5.76 Å². The predicted molar refractivity (Wildman–Crippen MR) is 50.5 cm³/mol. The number of carboxylic acids is 1. The standard InChI is InChI=1S/C9H10O4S/c10-9(11)8-4-1-6(13-8)5-14(12)7-2-3-7/h1,4,7H,2-3,5H2,(H,10,11). The molecule has 1 aliphatic rings. The van der Waals surface area contributed by atoms with Gasteiger partial charge in [-0.15, -0.1) is 0 Å². The van der Waals surface area contributed by atoms with E-state index in [1.54, 1.807) is 6.07 Å². The molecule has 0 aliphatic heterocycles. The van der Waals surface area contributed by atoms with Crippen LogP contribution in [0.3, 0.4) is 0 Å². The van der Waals surface area contributed by atoms with Gasteiger partial charge in [-0.25, -0.2) is 4.79 Å². The summed E-state index contributed by atoms with van der Waals surface area (Å²) >= 11 is 0. The summed E-state index contributed by atoms with van der Waals surface area (Å²) in [5, 5.41) is 8.88. The minimum Gasteiger partial charge on any atom is -0.475 e. The van der Waals surface area contributed by atoms with Crippen LogP contribution in [0.2, 0.25) is 0 Å². The van der Waals surface area contributed by atoms with Crippen LogP contribution in [0.15, 0.2) is 16.5 Å². The second kappa shape index (κ2) is 3.57. The van der Waals surface area contributed by atoms with E-state index >= 15 is 0 Å². The second-order valence-corrected chi connectivity index (χ2v) is 5.01. The van der Waals surface area contributed by atoms with Crippen molar-refractivity contribution in [3.05, 3.63) is 23.7 Å². The van der Waals surface area contributed by atoms with Gasteiger partial charge in [-0.2, -0.15) is 0 Å². The van der Waals surface area contributed by atoms with E-state index in [0.29, 0.717) is 16.8 Å². The maximum absolute atomic E-state index is 11.5. The summed E-state index contributed by atoms with van der Waals surface area (Å²) in [6, 6.07) is 2.96. The Morgan fingerprint density at radius 3 is 2.79 bits per heavy atom. The summed E-state index contributed by atoms with van der Waals surface area (Å²) in [6.07, 6.45) is 2.03. The van der Waals surface area contributed by atoms with Gasteiger partial charge in [-0.1, -0.05) is 0 Å². The fourth-order valence-corrected chi connectivity index (χ4v) is 2.49. The number of furan rings is 1.